The minimum Gasteiger partial charge on any atom is -0.378 e. The van der Waals surface area contributed by atoms with E-state index >= 15 is 0 Å². The summed E-state index contributed by atoms with van der Waals surface area (Å²) in [6.07, 6.45) is 5.96. The lowest BCUT2D eigenvalue weighted by molar-refractivity contribution is -0.0401. The van der Waals surface area contributed by atoms with Crippen molar-refractivity contribution in [3.05, 3.63) is 0 Å². The Morgan fingerprint density at radius 1 is 1.29 bits per heavy atom. The maximum absolute atomic E-state index is 5.61. The molecule has 0 saturated heterocycles. The molecule has 1 atom stereocenters. The van der Waals surface area contributed by atoms with E-state index in [1.54, 1.807) is 0 Å². The number of hydrogen-bond donors (Lipinski definition) is 1. The van der Waals surface area contributed by atoms with Gasteiger partial charge in [0, 0.05) is 6.61 Å². The molecule has 82 valence electrons. The fraction of sp³-hybridized carbons (Fsp3) is 1.00. The molecule has 1 unspecified atom stereocenters. The molecular weight excluding hydrogens is 174 g/mol. The topological polar surface area (TPSA) is 21.3 Å². The van der Waals surface area contributed by atoms with Crippen LogP contribution in [0, 0.1) is 11.3 Å². The molecule has 2 aliphatic rings. The van der Waals surface area contributed by atoms with E-state index < -0.39 is 0 Å². The van der Waals surface area contributed by atoms with E-state index in [0.717, 1.165) is 17.9 Å². The van der Waals surface area contributed by atoms with Crippen LogP contribution in [0.2, 0.25) is 0 Å². The number of nitrogens with one attached hydrogen (secondary N) is 1. The Morgan fingerprint density at radius 2 is 2.07 bits per heavy atom. The number of hydrogen-bond acceptors (Lipinski definition) is 2. The summed E-state index contributed by atoms with van der Waals surface area (Å²) in [5.74, 6) is 0.964. The van der Waals surface area contributed by atoms with Crippen LogP contribution in [0.25, 0.3) is 0 Å². The van der Waals surface area contributed by atoms with Crippen molar-refractivity contribution < 1.29 is 4.74 Å². The molecule has 0 bridgehead atoms. The van der Waals surface area contributed by atoms with Gasteiger partial charge in [0.2, 0.25) is 0 Å². The molecule has 0 amide bonds. The summed E-state index contributed by atoms with van der Waals surface area (Å²) in [5.41, 5.74) is 0.723. The Balaban J connectivity index is 1.58. The fourth-order valence-corrected chi connectivity index (χ4v) is 2.87. The second-order valence-corrected chi connectivity index (χ2v) is 4.95. The maximum atomic E-state index is 5.61. The largest absolute Gasteiger partial charge is 0.378 e. The van der Waals surface area contributed by atoms with Crippen molar-refractivity contribution >= 4 is 0 Å². The van der Waals surface area contributed by atoms with Crippen molar-refractivity contribution in [3.63, 3.8) is 0 Å². The summed E-state index contributed by atoms with van der Waals surface area (Å²) in [6, 6.07) is 0. The van der Waals surface area contributed by atoms with E-state index in [1.807, 2.05) is 0 Å². The Morgan fingerprint density at radius 3 is 2.71 bits per heavy atom. The quantitative estimate of drug-likeness (QED) is 0.659. The molecule has 0 heterocycles. The average Bonchev–Trinajstić information content (AvgIpc) is 2.80. The SMILES string of the molecule is CCCNCC1CC12CC(OCC)C2. The van der Waals surface area contributed by atoms with Crippen LogP contribution in [-0.4, -0.2) is 25.8 Å². The summed E-state index contributed by atoms with van der Waals surface area (Å²) in [6.45, 7) is 7.63. The van der Waals surface area contributed by atoms with Gasteiger partial charge in [0.15, 0.2) is 0 Å². The van der Waals surface area contributed by atoms with Crippen molar-refractivity contribution in [1.29, 1.82) is 0 Å². The van der Waals surface area contributed by atoms with Crippen LogP contribution >= 0.6 is 0 Å². The van der Waals surface area contributed by atoms with Gasteiger partial charge in [-0.15, -0.1) is 0 Å². The molecule has 0 radical (unpaired) electrons. The highest BCUT2D eigenvalue weighted by molar-refractivity contribution is 5.11. The molecule has 0 aromatic carbocycles. The third kappa shape index (κ3) is 1.96. The van der Waals surface area contributed by atoms with E-state index in [4.69, 9.17) is 4.74 Å². The normalized spacial score (nSPS) is 39.9. The molecule has 2 rings (SSSR count). The van der Waals surface area contributed by atoms with Gasteiger partial charge in [-0.2, -0.15) is 0 Å². The van der Waals surface area contributed by atoms with Crippen LogP contribution in [0.5, 0.6) is 0 Å². The second-order valence-electron chi connectivity index (χ2n) is 4.95. The van der Waals surface area contributed by atoms with Gasteiger partial charge in [0.05, 0.1) is 6.10 Å². The summed E-state index contributed by atoms with van der Waals surface area (Å²) >= 11 is 0. The molecule has 2 aliphatic carbocycles. The average molecular weight is 197 g/mol. The van der Waals surface area contributed by atoms with Gasteiger partial charge in [0.1, 0.15) is 0 Å². The van der Waals surface area contributed by atoms with E-state index in [1.165, 1.54) is 38.8 Å². The molecule has 2 nitrogen and oxygen atoms in total. The van der Waals surface area contributed by atoms with Crippen molar-refractivity contribution in [1.82, 2.24) is 5.32 Å². The van der Waals surface area contributed by atoms with Crippen LogP contribution in [0.3, 0.4) is 0 Å². The molecular formula is C12H23NO. The predicted octanol–water partition coefficient (Wildman–Crippen LogP) is 2.19. The van der Waals surface area contributed by atoms with Crippen LogP contribution in [0.1, 0.15) is 39.5 Å². The first kappa shape index (κ1) is 10.4. The van der Waals surface area contributed by atoms with Gasteiger partial charge in [0.25, 0.3) is 0 Å². The first-order valence-corrected chi connectivity index (χ1v) is 6.13. The van der Waals surface area contributed by atoms with Crippen LogP contribution in [0.4, 0.5) is 0 Å². The molecule has 1 spiro atoms. The summed E-state index contributed by atoms with van der Waals surface area (Å²) < 4.78 is 5.61. The van der Waals surface area contributed by atoms with E-state index in [-0.39, 0.29) is 0 Å². The summed E-state index contributed by atoms with van der Waals surface area (Å²) in [7, 11) is 0. The third-order valence-corrected chi connectivity index (χ3v) is 3.85. The fourth-order valence-electron chi connectivity index (χ4n) is 2.87. The minimum atomic E-state index is 0.594. The molecule has 2 fully saturated rings. The lowest BCUT2D eigenvalue weighted by Crippen LogP contribution is -2.35. The molecule has 1 N–H and O–H groups in total. The molecule has 0 aromatic heterocycles. The lowest BCUT2D eigenvalue weighted by atomic mass is 9.77. The highest BCUT2D eigenvalue weighted by Gasteiger charge is 2.61. The zero-order valence-electron chi connectivity index (χ0n) is 9.51. The van der Waals surface area contributed by atoms with Crippen molar-refractivity contribution in [2.75, 3.05) is 19.7 Å². The van der Waals surface area contributed by atoms with E-state index in [0.29, 0.717) is 6.10 Å². The number of rotatable bonds is 6. The lowest BCUT2D eigenvalue weighted by Gasteiger charge is -2.36. The Hall–Kier alpha value is -0.0800. The van der Waals surface area contributed by atoms with Gasteiger partial charge in [-0.3, -0.25) is 0 Å². The molecule has 2 heteroatoms. The van der Waals surface area contributed by atoms with Gasteiger partial charge in [-0.05, 0) is 57.0 Å². The molecule has 14 heavy (non-hydrogen) atoms. The van der Waals surface area contributed by atoms with Crippen LogP contribution < -0.4 is 5.32 Å². The first-order valence-electron chi connectivity index (χ1n) is 6.13. The van der Waals surface area contributed by atoms with Crippen molar-refractivity contribution in [2.45, 2.75) is 45.6 Å². The maximum Gasteiger partial charge on any atom is 0.0585 e. The van der Waals surface area contributed by atoms with Gasteiger partial charge >= 0.3 is 0 Å². The Labute approximate surface area is 87.4 Å². The third-order valence-electron chi connectivity index (χ3n) is 3.85. The number of ether oxygens (including phenoxy) is 1. The predicted molar refractivity (Wildman–Crippen MR) is 58.3 cm³/mol. The summed E-state index contributed by atoms with van der Waals surface area (Å²) in [5, 5.41) is 3.53. The van der Waals surface area contributed by atoms with Crippen LogP contribution in [0.15, 0.2) is 0 Å². The summed E-state index contributed by atoms with van der Waals surface area (Å²) in [4.78, 5) is 0. The smallest absolute Gasteiger partial charge is 0.0585 e. The van der Waals surface area contributed by atoms with Crippen molar-refractivity contribution in [3.8, 4) is 0 Å². The van der Waals surface area contributed by atoms with Gasteiger partial charge in [-0.25, -0.2) is 0 Å². The monoisotopic (exact) mass is 197 g/mol. The highest BCUT2D eigenvalue weighted by Crippen LogP contribution is 2.65. The molecule has 2 saturated carbocycles. The van der Waals surface area contributed by atoms with Gasteiger partial charge < -0.3 is 10.1 Å². The van der Waals surface area contributed by atoms with Crippen LogP contribution in [-0.2, 0) is 4.74 Å². The van der Waals surface area contributed by atoms with Crippen molar-refractivity contribution in [2.24, 2.45) is 11.3 Å². The standard InChI is InChI=1S/C12H23NO/c1-3-5-13-9-10-6-12(10)7-11(8-12)14-4-2/h10-11,13H,3-9H2,1-2H3. The van der Waals surface area contributed by atoms with E-state index in [2.05, 4.69) is 19.2 Å². The van der Waals surface area contributed by atoms with E-state index in [9.17, 15) is 0 Å². The first-order chi connectivity index (χ1) is 6.80. The zero-order valence-corrected chi connectivity index (χ0v) is 9.51. The molecule has 0 aliphatic heterocycles. The Kier molecular flexibility index (Phi) is 3.13. The highest BCUT2D eigenvalue weighted by atomic mass is 16.5. The zero-order chi connectivity index (χ0) is 10.0. The minimum absolute atomic E-state index is 0.594. The Bertz CT molecular complexity index is 187. The van der Waals surface area contributed by atoms with Gasteiger partial charge in [-0.1, -0.05) is 6.92 Å². The molecule has 0 aromatic rings. The second kappa shape index (κ2) is 4.19.